The normalized spacial score (nSPS) is 28.2. The third kappa shape index (κ3) is 2.09. The van der Waals surface area contributed by atoms with Gasteiger partial charge in [0.1, 0.15) is 0 Å². The van der Waals surface area contributed by atoms with Crippen LogP contribution in [-0.2, 0) is 6.42 Å². The quantitative estimate of drug-likeness (QED) is 0.784. The lowest BCUT2D eigenvalue weighted by atomic mass is 9.95. The van der Waals surface area contributed by atoms with Gasteiger partial charge in [0.05, 0.1) is 10.7 Å². The smallest absolute Gasteiger partial charge is 0.0897 e. The molecule has 0 spiro atoms. The van der Waals surface area contributed by atoms with E-state index in [0.29, 0.717) is 5.54 Å². The van der Waals surface area contributed by atoms with E-state index < -0.39 is 0 Å². The van der Waals surface area contributed by atoms with Gasteiger partial charge in [-0.15, -0.1) is 11.3 Å². The van der Waals surface area contributed by atoms with Gasteiger partial charge in [0.15, 0.2) is 0 Å². The lowest BCUT2D eigenvalue weighted by Gasteiger charge is -2.22. The highest BCUT2D eigenvalue weighted by atomic mass is 32.1. The molecule has 1 aromatic heterocycles. The summed E-state index contributed by atoms with van der Waals surface area (Å²) >= 11 is 1.75. The van der Waals surface area contributed by atoms with E-state index in [9.17, 15) is 0 Å². The molecule has 1 saturated heterocycles. The molecule has 0 aromatic carbocycles. The number of nitrogens with zero attached hydrogens (tertiary/aromatic N) is 1. The molecule has 1 unspecified atom stereocenters. The number of aromatic nitrogens is 1. The van der Waals surface area contributed by atoms with Gasteiger partial charge >= 0.3 is 0 Å². The van der Waals surface area contributed by atoms with Crippen molar-refractivity contribution in [3.05, 3.63) is 16.1 Å². The predicted molar refractivity (Wildman–Crippen MR) is 56.2 cm³/mol. The van der Waals surface area contributed by atoms with Gasteiger partial charge in [-0.3, -0.25) is 0 Å². The Balaban J connectivity index is 2.04. The lowest BCUT2D eigenvalue weighted by molar-refractivity contribution is 0.409. The van der Waals surface area contributed by atoms with Crippen molar-refractivity contribution in [3.8, 4) is 0 Å². The van der Waals surface area contributed by atoms with E-state index >= 15 is 0 Å². The van der Waals surface area contributed by atoms with Crippen LogP contribution in [0.3, 0.4) is 0 Å². The van der Waals surface area contributed by atoms with Gasteiger partial charge < -0.3 is 5.32 Å². The number of rotatable bonds is 2. The molecule has 1 aromatic rings. The molecular formula is C10H16N2S. The number of nitrogens with one attached hydrogen (secondary N) is 1. The van der Waals surface area contributed by atoms with Crippen LogP contribution in [-0.4, -0.2) is 17.1 Å². The minimum atomic E-state index is 0.306. The fourth-order valence-electron chi connectivity index (χ4n) is 2.00. The third-order valence-corrected chi connectivity index (χ3v) is 3.52. The van der Waals surface area contributed by atoms with Crippen LogP contribution >= 0.6 is 11.3 Å². The molecule has 0 saturated carbocycles. The van der Waals surface area contributed by atoms with Crippen LogP contribution < -0.4 is 5.32 Å². The van der Waals surface area contributed by atoms with Crippen molar-refractivity contribution in [2.75, 3.05) is 6.54 Å². The second-order valence-corrected chi connectivity index (χ2v) is 5.19. The van der Waals surface area contributed by atoms with E-state index in [0.717, 1.165) is 6.42 Å². The van der Waals surface area contributed by atoms with Crippen LogP contribution in [0.5, 0.6) is 0 Å². The molecule has 3 heteroatoms. The molecule has 1 N–H and O–H groups in total. The van der Waals surface area contributed by atoms with E-state index in [4.69, 9.17) is 0 Å². The zero-order valence-corrected chi connectivity index (χ0v) is 9.08. The first kappa shape index (κ1) is 9.16. The van der Waals surface area contributed by atoms with E-state index in [1.165, 1.54) is 30.1 Å². The van der Waals surface area contributed by atoms with Gasteiger partial charge in [-0.1, -0.05) is 0 Å². The number of hydrogen-bond donors (Lipinski definition) is 1. The Hall–Kier alpha value is -0.410. The van der Waals surface area contributed by atoms with Gasteiger partial charge in [0.2, 0.25) is 0 Å². The van der Waals surface area contributed by atoms with Crippen molar-refractivity contribution in [3.63, 3.8) is 0 Å². The highest BCUT2D eigenvalue weighted by Crippen LogP contribution is 2.23. The van der Waals surface area contributed by atoms with Gasteiger partial charge in [-0.2, -0.15) is 0 Å². The lowest BCUT2D eigenvalue weighted by Crippen LogP contribution is -2.38. The van der Waals surface area contributed by atoms with E-state index in [2.05, 4.69) is 29.5 Å². The summed E-state index contributed by atoms with van der Waals surface area (Å²) in [5.41, 5.74) is 1.56. The van der Waals surface area contributed by atoms with Gasteiger partial charge in [-0.25, -0.2) is 4.98 Å². The van der Waals surface area contributed by atoms with E-state index in [1.54, 1.807) is 11.3 Å². The summed E-state index contributed by atoms with van der Waals surface area (Å²) in [5, 5.41) is 6.91. The minimum Gasteiger partial charge on any atom is -0.311 e. The van der Waals surface area contributed by atoms with Crippen LogP contribution in [0.15, 0.2) is 5.38 Å². The van der Waals surface area contributed by atoms with Gasteiger partial charge in [0, 0.05) is 17.3 Å². The standard InChI is InChI=1S/C10H16N2S/c1-8-12-9(7-13-8)6-10(2)4-3-5-11-10/h7,11H,3-6H2,1-2H3. The highest BCUT2D eigenvalue weighted by molar-refractivity contribution is 7.09. The SMILES string of the molecule is Cc1nc(CC2(C)CCCN2)cs1. The predicted octanol–water partition coefficient (Wildman–Crippen LogP) is 2.14. The van der Waals surface area contributed by atoms with E-state index in [1.807, 2.05) is 0 Å². The molecule has 1 aliphatic rings. The summed E-state index contributed by atoms with van der Waals surface area (Å²) in [6.45, 7) is 5.53. The fourth-order valence-corrected chi connectivity index (χ4v) is 2.61. The van der Waals surface area contributed by atoms with Crippen molar-refractivity contribution in [1.29, 1.82) is 0 Å². The molecular weight excluding hydrogens is 180 g/mol. The Labute approximate surface area is 83.4 Å². The van der Waals surface area contributed by atoms with Crippen molar-refractivity contribution in [1.82, 2.24) is 10.3 Å². The van der Waals surface area contributed by atoms with Crippen LogP contribution in [0.4, 0.5) is 0 Å². The molecule has 0 amide bonds. The monoisotopic (exact) mass is 196 g/mol. The second kappa shape index (κ2) is 3.39. The third-order valence-electron chi connectivity index (χ3n) is 2.69. The van der Waals surface area contributed by atoms with Crippen LogP contribution in [0, 0.1) is 6.92 Å². The molecule has 1 aliphatic heterocycles. The van der Waals surface area contributed by atoms with Gasteiger partial charge in [-0.05, 0) is 33.2 Å². The van der Waals surface area contributed by atoms with E-state index in [-0.39, 0.29) is 0 Å². The Morgan fingerprint density at radius 3 is 3.08 bits per heavy atom. The molecule has 1 atom stereocenters. The Kier molecular flexibility index (Phi) is 2.39. The maximum atomic E-state index is 4.50. The number of thiazole rings is 1. The molecule has 13 heavy (non-hydrogen) atoms. The molecule has 2 heterocycles. The van der Waals surface area contributed by atoms with Gasteiger partial charge in [0.25, 0.3) is 0 Å². The summed E-state index contributed by atoms with van der Waals surface area (Å²) < 4.78 is 0. The van der Waals surface area contributed by atoms with Crippen LogP contribution in [0.25, 0.3) is 0 Å². The van der Waals surface area contributed by atoms with Crippen molar-refractivity contribution in [2.45, 2.75) is 38.6 Å². The summed E-state index contributed by atoms with van der Waals surface area (Å²) in [6.07, 6.45) is 3.67. The molecule has 2 rings (SSSR count). The van der Waals surface area contributed by atoms with Crippen LogP contribution in [0.2, 0.25) is 0 Å². The Morgan fingerprint density at radius 2 is 2.54 bits per heavy atom. The molecule has 0 radical (unpaired) electrons. The summed E-state index contributed by atoms with van der Waals surface area (Å²) in [6, 6.07) is 0. The minimum absolute atomic E-state index is 0.306. The summed E-state index contributed by atoms with van der Waals surface area (Å²) in [4.78, 5) is 4.50. The zero-order chi connectivity index (χ0) is 9.31. The number of hydrogen-bond acceptors (Lipinski definition) is 3. The first-order chi connectivity index (χ1) is 6.18. The maximum absolute atomic E-state index is 4.50. The van der Waals surface area contributed by atoms with Crippen molar-refractivity contribution in [2.24, 2.45) is 0 Å². The number of aryl methyl sites for hydroxylation is 1. The first-order valence-electron chi connectivity index (χ1n) is 4.84. The van der Waals surface area contributed by atoms with Crippen molar-refractivity contribution >= 4 is 11.3 Å². The second-order valence-electron chi connectivity index (χ2n) is 4.13. The maximum Gasteiger partial charge on any atom is 0.0897 e. The topological polar surface area (TPSA) is 24.9 Å². The molecule has 1 fully saturated rings. The average Bonchev–Trinajstić information content (AvgIpc) is 2.62. The highest BCUT2D eigenvalue weighted by Gasteiger charge is 2.28. The summed E-state index contributed by atoms with van der Waals surface area (Å²) in [7, 11) is 0. The van der Waals surface area contributed by atoms with Crippen molar-refractivity contribution < 1.29 is 0 Å². The first-order valence-corrected chi connectivity index (χ1v) is 5.72. The zero-order valence-electron chi connectivity index (χ0n) is 8.26. The average molecular weight is 196 g/mol. The fraction of sp³-hybridized carbons (Fsp3) is 0.700. The summed E-state index contributed by atoms with van der Waals surface area (Å²) in [5.74, 6) is 0. The Morgan fingerprint density at radius 1 is 1.69 bits per heavy atom. The molecule has 2 nitrogen and oxygen atoms in total. The Bertz CT molecular complexity index is 287. The van der Waals surface area contributed by atoms with Crippen LogP contribution in [0.1, 0.15) is 30.5 Å². The largest absolute Gasteiger partial charge is 0.311 e. The molecule has 72 valence electrons. The molecule has 0 aliphatic carbocycles. The molecule has 0 bridgehead atoms.